The average Bonchev–Trinajstić information content (AvgIpc) is 2.22. The Morgan fingerprint density at radius 1 is 1.53 bits per heavy atom. The van der Waals surface area contributed by atoms with Gasteiger partial charge in [-0.05, 0) is 24.1 Å². The first-order valence-electron chi connectivity index (χ1n) is 4.69. The fourth-order valence-corrected chi connectivity index (χ4v) is 1.38. The summed E-state index contributed by atoms with van der Waals surface area (Å²) in [7, 11) is 0. The van der Waals surface area contributed by atoms with Crippen LogP contribution in [0.2, 0.25) is 5.02 Å². The molecule has 15 heavy (non-hydrogen) atoms. The molecule has 0 N–H and O–H groups in total. The maximum absolute atomic E-state index is 11.3. The SMILES string of the molecule is C=COC(=O)C(C)Cc1ccc(Cl)cc1. The lowest BCUT2D eigenvalue weighted by molar-refractivity contribution is -0.142. The van der Waals surface area contributed by atoms with Gasteiger partial charge in [0.15, 0.2) is 0 Å². The summed E-state index contributed by atoms with van der Waals surface area (Å²) in [4.78, 5) is 11.3. The summed E-state index contributed by atoms with van der Waals surface area (Å²) < 4.78 is 4.70. The van der Waals surface area contributed by atoms with Crippen LogP contribution >= 0.6 is 11.6 Å². The standard InChI is InChI=1S/C12H13ClO2/c1-3-15-12(14)9(2)8-10-4-6-11(13)7-5-10/h3-7,9H,1,8H2,2H3. The Morgan fingerprint density at radius 3 is 2.67 bits per heavy atom. The molecule has 0 aliphatic rings. The molecule has 0 aliphatic carbocycles. The van der Waals surface area contributed by atoms with Crippen molar-refractivity contribution in [2.24, 2.45) is 5.92 Å². The smallest absolute Gasteiger partial charge is 0.313 e. The van der Waals surface area contributed by atoms with E-state index in [0.717, 1.165) is 11.8 Å². The van der Waals surface area contributed by atoms with Crippen LogP contribution in [0.5, 0.6) is 0 Å². The zero-order valence-electron chi connectivity index (χ0n) is 8.57. The molecule has 1 atom stereocenters. The summed E-state index contributed by atoms with van der Waals surface area (Å²) >= 11 is 5.76. The van der Waals surface area contributed by atoms with Gasteiger partial charge in [0, 0.05) is 5.02 Å². The number of hydrogen-bond acceptors (Lipinski definition) is 2. The quantitative estimate of drug-likeness (QED) is 0.580. The monoisotopic (exact) mass is 224 g/mol. The van der Waals surface area contributed by atoms with E-state index >= 15 is 0 Å². The third-order valence-corrected chi connectivity index (χ3v) is 2.31. The van der Waals surface area contributed by atoms with Crippen LogP contribution in [0.4, 0.5) is 0 Å². The molecule has 0 spiro atoms. The maximum atomic E-state index is 11.3. The van der Waals surface area contributed by atoms with Crippen LogP contribution in [0.1, 0.15) is 12.5 Å². The molecule has 0 fully saturated rings. The predicted octanol–water partition coefficient (Wildman–Crippen LogP) is 3.21. The van der Waals surface area contributed by atoms with Gasteiger partial charge >= 0.3 is 5.97 Å². The molecule has 0 radical (unpaired) electrons. The molecule has 0 aliphatic heterocycles. The second-order valence-corrected chi connectivity index (χ2v) is 3.77. The highest BCUT2D eigenvalue weighted by molar-refractivity contribution is 6.30. The summed E-state index contributed by atoms with van der Waals surface area (Å²) in [5.74, 6) is -0.441. The van der Waals surface area contributed by atoms with Crippen molar-refractivity contribution in [3.63, 3.8) is 0 Å². The van der Waals surface area contributed by atoms with Crippen LogP contribution in [0.25, 0.3) is 0 Å². The van der Waals surface area contributed by atoms with E-state index in [-0.39, 0.29) is 11.9 Å². The second kappa shape index (κ2) is 5.56. The lowest BCUT2D eigenvalue weighted by atomic mass is 10.0. The molecule has 0 saturated heterocycles. The van der Waals surface area contributed by atoms with Gasteiger partial charge in [-0.1, -0.05) is 37.2 Å². The normalized spacial score (nSPS) is 11.9. The summed E-state index contributed by atoms with van der Waals surface area (Å²) in [6.07, 6.45) is 1.80. The van der Waals surface area contributed by atoms with Gasteiger partial charge in [-0.15, -0.1) is 0 Å². The highest BCUT2D eigenvalue weighted by atomic mass is 35.5. The van der Waals surface area contributed by atoms with Crippen LogP contribution in [-0.4, -0.2) is 5.97 Å². The minimum absolute atomic E-state index is 0.177. The van der Waals surface area contributed by atoms with Crippen molar-refractivity contribution in [1.29, 1.82) is 0 Å². The van der Waals surface area contributed by atoms with Crippen molar-refractivity contribution in [3.8, 4) is 0 Å². The molecule has 80 valence electrons. The van der Waals surface area contributed by atoms with Gasteiger partial charge in [-0.3, -0.25) is 4.79 Å². The van der Waals surface area contributed by atoms with Crippen molar-refractivity contribution in [1.82, 2.24) is 0 Å². The number of rotatable bonds is 4. The Kier molecular flexibility index (Phi) is 4.37. The van der Waals surface area contributed by atoms with Crippen molar-refractivity contribution >= 4 is 17.6 Å². The molecule has 0 aromatic heterocycles. The first-order valence-corrected chi connectivity index (χ1v) is 5.07. The molecule has 0 saturated carbocycles. The number of ether oxygens (including phenoxy) is 1. The van der Waals surface area contributed by atoms with Crippen LogP contribution in [0.3, 0.4) is 0 Å². The molecule has 0 bridgehead atoms. The lowest BCUT2D eigenvalue weighted by Gasteiger charge is -2.08. The molecule has 2 nitrogen and oxygen atoms in total. The maximum Gasteiger partial charge on any atom is 0.313 e. The van der Waals surface area contributed by atoms with E-state index < -0.39 is 0 Å². The number of benzene rings is 1. The number of halogens is 1. The first kappa shape index (κ1) is 11.8. The highest BCUT2D eigenvalue weighted by Crippen LogP contribution is 2.14. The van der Waals surface area contributed by atoms with Gasteiger partial charge in [0.05, 0.1) is 12.2 Å². The summed E-state index contributed by atoms with van der Waals surface area (Å²) in [6.45, 7) is 5.16. The van der Waals surface area contributed by atoms with Gasteiger partial charge in [0.2, 0.25) is 0 Å². The van der Waals surface area contributed by atoms with E-state index in [1.807, 2.05) is 31.2 Å². The molecule has 1 unspecified atom stereocenters. The zero-order chi connectivity index (χ0) is 11.3. The Hall–Kier alpha value is -1.28. The third-order valence-electron chi connectivity index (χ3n) is 2.06. The fourth-order valence-electron chi connectivity index (χ4n) is 1.26. The number of carbonyl (C=O) groups is 1. The molecular weight excluding hydrogens is 212 g/mol. The Bertz CT molecular complexity index is 343. The van der Waals surface area contributed by atoms with Crippen molar-refractivity contribution in [2.45, 2.75) is 13.3 Å². The van der Waals surface area contributed by atoms with Crippen LogP contribution in [-0.2, 0) is 16.0 Å². The lowest BCUT2D eigenvalue weighted by Crippen LogP contribution is -2.14. The molecule has 1 rings (SSSR count). The van der Waals surface area contributed by atoms with Crippen molar-refractivity contribution < 1.29 is 9.53 Å². The molecule has 0 amide bonds. The minimum atomic E-state index is -0.264. The Labute approximate surface area is 94.5 Å². The fraction of sp³-hybridized carbons (Fsp3) is 0.250. The largest absolute Gasteiger partial charge is 0.435 e. The van der Waals surface area contributed by atoms with Crippen LogP contribution in [0, 0.1) is 5.92 Å². The van der Waals surface area contributed by atoms with Gasteiger partial charge in [0.1, 0.15) is 0 Å². The molecule has 1 aromatic carbocycles. The average molecular weight is 225 g/mol. The van der Waals surface area contributed by atoms with E-state index in [9.17, 15) is 4.79 Å². The van der Waals surface area contributed by atoms with E-state index in [1.54, 1.807) is 0 Å². The van der Waals surface area contributed by atoms with E-state index in [2.05, 4.69) is 6.58 Å². The molecular formula is C12H13ClO2. The van der Waals surface area contributed by atoms with Gasteiger partial charge in [-0.2, -0.15) is 0 Å². The Balaban J connectivity index is 2.57. The molecule has 3 heteroatoms. The molecule has 0 heterocycles. The predicted molar refractivity (Wildman–Crippen MR) is 60.6 cm³/mol. The number of esters is 1. The zero-order valence-corrected chi connectivity index (χ0v) is 9.33. The third kappa shape index (κ3) is 3.76. The van der Waals surface area contributed by atoms with Crippen LogP contribution in [0.15, 0.2) is 37.1 Å². The first-order chi connectivity index (χ1) is 7.13. The van der Waals surface area contributed by atoms with Gasteiger partial charge in [-0.25, -0.2) is 0 Å². The van der Waals surface area contributed by atoms with Crippen molar-refractivity contribution in [3.05, 3.63) is 47.7 Å². The van der Waals surface area contributed by atoms with Crippen molar-refractivity contribution in [2.75, 3.05) is 0 Å². The van der Waals surface area contributed by atoms with Crippen LogP contribution < -0.4 is 0 Å². The highest BCUT2D eigenvalue weighted by Gasteiger charge is 2.13. The van der Waals surface area contributed by atoms with Gasteiger partial charge < -0.3 is 4.74 Å². The Morgan fingerprint density at radius 2 is 2.13 bits per heavy atom. The second-order valence-electron chi connectivity index (χ2n) is 3.34. The van der Waals surface area contributed by atoms with E-state index in [0.29, 0.717) is 11.4 Å². The van der Waals surface area contributed by atoms with E-state index in [1.165, 1.54) is 0 Å². The summed E-state index contributed by atoms with van der Waals surface area (Å²) in [5.41, 5.74) is 1.06. The summed E-state index contributed by atoms with van der Waals surface area (Å²) in [6, 6.07) is 7.42. The number of hydrogen-bond donors (Lipinski definition) is 0. The topological polar surface area (TPSA) is 26.3 Å². The number of carbonyl (C=O) groups excluding carboxylic acids is 1. The molecule has 1 aromatic rings. The van der Waals surface area contributed by atoms with Gasteiger partial charge in [0.25, 0.3) is 0 Å². The summed E-state index contributed by atoms with van der Waals surface area (Å²) in [5, 5.41) is 0.695. The van der Waals surface area contributed by atoms with E-state index in [4.69, 9.17) is 16.3 Å². The minimum Gasteiger partial charge on any atom is -0.435 e.